The van der Waals surface area contributed by atoms with E-state index in [1.165, 1.54) is 5.56 Å². The molecule has 0 aliphatic carbocycles. The molecule has 0 saturated carbocycles. The predicted molar refractivity (Wildman–Crippen MR) is 60.4 cm³/mol. The summed E-state index contributed by atoms with van der Waals surface area (Å²) in [5, 5.41) is 2.75. The van der Waals surface area contributed by atoms with Gasteiger partial charge >= 0.3 is 0 Å². The number of nitrogens with one attached hydrogen (secondary N) is 1. The van der Waals surface area contributed by atoms with Crippen LogP contribution in [-0.2, 0) is 11.2 Å². The Hall–Kier alpha value is -1.15. The molecule has 14 heavy (non-hydrogen) atoms. The summed E-state index contributed by atoms with van der Waals surface area (Å²) in [6.07, 6.45) is 1.53. The first-order chi connectivity index (χ1) is 6.70. The van der Waals surface area contributed by atoms with Crippen molar-refractivity contribution < 1.29 is 4.79 Å². The molecular weight excluding hydrogens is 174 g/mol. The van der Waals surface area contributed by atoms with Crippen molar-refractivity contribution in [3.05, 3.63) is 35.9 Å². The van der Waals surface area contributed by atoms with Crippen LogP contribution in [0.25, 0.3) is 0 Å². The van der Waals surface area contributed by atoms with E-state index >= 15 is 0 Å². The highest BCUT2D eigenvalue weighted by molar-refractivity contribution is 5.75. The van der Waals surface area contributed by atoms with Crippen LogP contribution in [0.3, 0.4) is 0 Å². The second kappa shape index (κ2) is 8.45. The highest BCUT2D eigenvalue weighted by atomic mass is 16.1. The van der Waals surface area contributed by atoms with E-state index < -0.39 is 0 Å². The minimum absolute atomic E-state index is 0.258. The Kier molecular flexibility index (Phi) is 7.75. The van der Waals surface area contributed by atoms with Crippen LogP contribution in [0, 0.1) is 0 Å². The third kappa shape index (κ3) is 7.50. The predicted octanol–water partition coefficient (Wildman–Crippen LogP) is 2.04. The van der Waals surface area contributed by atoms with Gasteiger partial charge in [0.2, 0.25) is 0 Å². The molecule has 1 aromatic carbocycles. The Bertz CT molecular complexity index is 244. The van der Waals surface area contributed by atoms with Crippen LogP contribution in [0.15, 0.2) is 30.3 Å². The number of hydrogen-bond acceptors (Lipinski definition) is 2. The standard InChI is InChI=1S/C10H12O.C2H7N/c1-9(11)7-8-10-5-3-2-4-6-10;1-3-2/h2-6H,7-8H2,1H3;3H,1-2H3. The first-order valence-corrected chi connectivity index (χ1v) is 4.82. The first kappa shape index (κ1) is 12.8. The normalized spacial score (nSPS) is 8.79. The second-order valence-corrected chi connectivity index (χ2v) is 3.19. The lowest BCUT2D eigenvalue weighted by Crippen LogP contribution is -1.92. The van der Waals surface area contributed by atoms with Gasteiger partial charge in [0.1, 0.15) is 5.78 Å². The lowest BCUT2D eigenvalue weighted by molar-refractivity contribution is -0.116. The quantitative estimate of drug-likeness (QED) is 0.796. The van der Waals surface area contributed by atoms with E-state index in [2.05, 4.69) is 5.32 Å². The molecule has 0 unspecified atom stereocenters. The van der Waals surface area contributed by atoms with Crippen LogP contribution in [0.4, 0.5) is 0 Å². The van der Waals surface area contributed by atoms with E-state index in [1.807, 2.05) is 44.4 Å². The largest absolute Gasteiger partial charge is 0.323 e. The van der Waals surface area contributed by atoms with Crippen LogP contribution in [0.5, 0.6) is 0 Å². The second-order valence-electron chi connectivity index (χ2n) is 3.19. The average Bonchev–Trinajstić information content (AvgIpc) is 2.18. The van der Waals surface area contributed by atoms with Crippen molar-refractivity contribution in [3.63, 3.8) is 0 Å². The first-order valence-electron chi connectivity index (χ1n) is 4.82. The number of ketones is 1. The van der Waals surface area contributed by atoms with Crippen LogP contribution in [-0.4, -0.2) is 19.9 Å². The third-order valence-electron chi connectivity index (χ3n) is 1.61. The van der Waals surface area contributed by atoms with Crippen LogP contribution < -0.4 is 5.32 Å². The van der Waals surface area contributed by atoms with Gasteiger partial charge in [0, 0.05) is 6.42 Å². The topological polar surface area (TPSA) is 29.1 Å². The van der Waals surface area contributed by atoms with Crippen molar-refractivity contribution in [1.82, 2.24) is 5.32 Å². The zero-order valence-electron chi connectivity index (χ0n) is 9.21. The fourth-order valence-corrected chi connectivity index (χ4v) is 0.965. The maximum atomic E-state index is 10.6. The minimum atomic E-state index is 0.258. The average molecular weight is 193 g/mol. The maximum absolute atomic E-state index is 10.6. The van der Waals surface area contributed by atoms with Gasteiger partial charge in [-0.2, -0.15) is 0 Å². The van der Waals surface area contributed by atoms with Gasteiger partial charge in [0.25, 0.3) is 0 Å². The van der Waals surface area contributed by atoms with E-state index in [0.29, 0.717) is 6.42 Å². The number of carbonyl (C=O) groups excluding carboxylic acids is 1. The van der Waals surface area contributed by atoms with Gasteiger partial charge in [-0.05, 0) is 33.0 Å². The summed E-state index contributed by atoms with van der Waals surface area (Å²) < 4.78 is 0. The number of carbonyl (C=O) groups is 1. The molecular formula is C12H19NO. The lowest BCUT2D eigenvalue weighted by atomic mass is 10.1. The molecule has 2 nitrogen and oxygen atoms in total. The van der Waals surface area contributed by atoms with E-state index in [9.17, 15) is 4.79 Å². The van der Waals surface area contributed by atoms with Crippen molar-refractivity contribution in [2.45, 2.75) is 19.8 Å². The Balaban J connectivity index is 0.000000500. The molecule has 0 fully saturated rings. The van der Waals surface area contributed by atoms with Gasteiger partial charge in [0.15, 0.2) is 0 Å². The number of benzene rings is 1. The van der Waals surface area contributed by atoms with Gasteiger partial charge in [-0.25, -0.2) is 0 Å². The molecule has 1 N–H and O–H groups in total. The van der Waals surface area contributed by atoms with E-state index in [1.54, 1.807) is 6.92 Å². The summed E-state index contributed by atoms with van der Waals surface area (Å²) in [4.78, 5) is 10.6. The lowest BCUT2D eigenvalue weighted by Gasteiger charge is -1.96. The molecule has 1 aromatic rings. The number of Topliss-reactive ketones (excluding diaryl/α,β-unsaturated/α-hetero) is 1. The monoisotopic (exact) mass is 193 g/mol. The number of aryl methyl sites for hydroxylation is 1. The highest BCUT2D eigenvalue weighted by Crippen LogP contribution is 2.01. The summed E-state index contributed by atoms with van der Waals surface area (Å²) in [7, 11) is 3.75. The number of rotatable bonds is 3. The molecule has 0 aromatic heterocycles. The molecule has 0 saturated heterocycles. The third-order valence-corrected chi connectivity index (χ3v) is 1.61. The van der Waals surface area contributed by atoms with Crippen LogP contribution in [0.1, 0.15) is 18.9 Å². The van der Waals surface area contributed by atoms with Gasteiger partial charge in [0.05, 0.1) is 0 Å². The summed E-state index contributed by atoms with van der Waals surface area (Å²) in [5.74, 6) is 0.258. The summed E-state index contributed by atoms with van der Waals surface area (Å²) >= 11 is 0. The Morgan fingerprint density at radius 2 is 1.71 bits per heavy atom. The SMILES string of the molecule is CC(=O)CCc1ccccc1.CNC. The van der Waals surface area contributed by atoms with Crippen LogP contribution >= 0.6 is 0 Å². The molecule has 0 spiro atoms. The molecule has 0 bridgehead atoms. The number of hydrogen-bond donors (Lipinski definition) is 1. The molecule has 0 aliphatic heterocycles. The Morgan fingerprint density at radius 3 is 2.14 bits per heavy atom. The Labute approximate surface area is 86.3 Å². The fraction of sp³-hybridized carbons (Fsp3) is 0.417. The van der Waals surface area contributed by atoms with Crippen molar-refractivity contribution in [1.29, 1.82) is 0 Å². The highest BCUT2D eigenvalue weighted by Gasteiger charge is 1.94. The van der Waals surface area contributed by atoms with Crippen molar-refractivity contribution in [2.24, 2.45) is 0 Å². The van der Waals surface area contributed by atoms with Crippen molar-refractivity contribution >= 4 is 5.78 Å². The molecule has 0 atom stereocenters. The molecule has 78 valence electrons. The minimum Gasteiger partial charge on any atom is -0.323 e. The van der Waals surface area contributed by atoms with Crippen molar-refractivity contribution in [3.8, 4) is 0 Å². The van der Waals surface area contributed by atoms with Crippen molar-refractivity contribution in [2.75, 3.05) is 14.1 Å². The van der Waals surface area contributed by atoms with Gasteiger partial charge < -0.3 is 10.1 Å². The maximum Gasteiger partial charge on any atom is 0.130 e. The van der Waals surface area contributed by atoms with E-state index in [4.69, 9.17) is 0 Å². The van der Waals surface area contributed by atoms with E-state index in [-0.39, 0.29) is 5.78 Å². The summed E-state index contributed by atoms with van der Waals surface area (Å²) in [6.45, 7) is 1.63. The zero-order chi connectivity index (χ0) is 10.8. The molecule has 0 heterocycles. The smallest absolute Gasteiger partial charge is 0.130 e. The molecule has 0 aliphatic rings. The Morgan fingerprint density at radius 1 is 1.21 bits per heavy atom. The fourth-order valence-electron chi connectivity index (χ4n) is 0.965. The molecule has 1 rings (SSSR count). The van der Waals surface area contributed by atoms with Gasteiger partial charge in [-0.3, -0.25) is 0 Å². The van der Waals surface area contributed by atoms with Gasteiger partial charge in [-0.1, -0.05) is 30.3 Å². The summed E-state index contributed by atoms with van der Waals surface area (Å²) in [5.41, 5.74) is 1.24. The van der Waals surface area contributed by atoms with Gasteiger partial charge in [-0.15, -0.1) is 0 Å². The molecule has 0 radical (unpaired) electrons. The molecule has 2 heteroatoms. The zero-order valence-corrected chi connectivity index (χ0v) is 9.21. The molecule has 0 amide bonds. The van der Waals surface area contributed by atoms with E-state index in [0.717, 1.165) is 6.42 Å². The van der Waals surface area contributed by atoms with Crippen LogP contribution in [0.2, 0.25) is 0 Å². The summed E-state index contributed by atoms with van der Waals surface area (Å²) in [6, 6.07) is 10.1.